The van der Waals surface area contributed by atoms with E-state index in [-0.39, 0.29) is 10.6 Å². The first kappa shape index (κ1) is 11.8. The average Bonchev–Trinajstić information content (AvgIpc) is 2.33. The van der Waals surface area contributed by atoms with Gasteiger partial charge in [-0.1, -0.05) is 11.6 Å². The van der Waals surface area contributed by atoms with Crippen LogP contribution in [-0.2, 0) is 0 Å². The van der Waals surface area contributed by atoms with Crippen LogP contribution in [0.15, 0.2) is 40.9 Å². The molecule has 1 N–H and O–H groups in total. The number of nitrogens with zero attached hydrogens (tertiary/aromatic N) is 3. The molecule has 2 aromatic heterocycles. The van der Waals surface area contributed by atoms with Crippen LogP contribution in [0.4, 0.5) is 0 Å². The minimum Gasteiger partial charge on any atom is -0.478 e. The molecular formula is C10H6ClN3O2S. The maximum Gasteiger partial charge on any atom is 0.337 e. The normalized spacial score (nSPS) is 10.2. The Morgan fingerprint density at radius 1 is 1.29 bits per heavy atom. The van der Waals surface area contributed by atoms with E-state index in [9.17, 15) is 4.79 Å². The molecule has 2 heterocycles. The van der Waals surface area contributed by atoms with Crippen molar-refractivity contribution in [3.63, 3.8) is 0 Å². The fraction of sp³-hybridized carbons (Fsp3) is 0. The summed E-state index contributed by atoms with van der Waals surface area (Å²) >= 11 is 7.11. The highest BCUT2D eigenvalue weighted by Gasteiger charge is 2.14. The summed E-state index contributed by atoms with van der Waals surface area (Å²) in [6, 6.07) is 1.35. The van der Waals surface area contributed by atoms with Crippen LogP contribution in [0, 0.1) is 0 Å². The molecule has 2 aromatic rings. The van der Waals surface area contributed by atoms with Crippen molar-refractivity contribution >= 4 is 29.3 Å². The van der Waals surface area contributed by atoms with Crippen molar-refractivity contribution in [1.29, 1.82) is 0 Å². The van der Waals surface area contributed by atoms with Crippen LogP contribution in [0.25, 0.3) is 0 Å². The lowest BCUT2D eigenvalue weighted by atomic mass is 10.3. The van der Waals surface area contributed by atoms with Crippen LogP contribution in [0.5, 0.6) is 0 Å². The van der Waals surface area contributed by atoms with Crippen LogP contribution >= 0.6 is 23.4 Å². The highest BCUT2D eigenvalue weighted by molar-refractivity contribution is 7.99. The fourth-order valence-electron chi connectivity index (χ4n) is 1.10. The van der Waals surface area contributed by atoms with Crippen molar-refractivity contribution in [1.82, 2.24) is 15.0 Å². The standard InChI is InChI=1S/C10H6ClN3O2S/c11-8-6(10(15)16)1-2-14-9(8)17-7-5-12-3-4-13-7/h1-5H,(H,15,16). The first-order valence-electron chi connectivity index (χ1n) is 4.50. The van der Waals surface area contributed by atoms with Gasteiger partial charge in [0, 0.05) is 18.6 Å². The molecule has 0 spiro atoms. The molecule has 86 valence electrons. The summed E-state index contributed by atoms with van der Waals surface area (Å²) in [4.78, 5) is 22.8. The smallest absolute Gasteiger partial charge is 0.337 e. The van der Waals surface area contributed by atoms with E-state index >= 15 is 0 Å². The summed E-state index contributed by atoms with van der Waals surface area (Å²) in [5, 5.41) is 10.0. The third-order valence-electron chi connectivity index (χ3n) is 1.83. The first-order valence-corrected chi connectivity index (χ1v) is 5.69. The van der Waals surface area contributed by atoms with Gasteiger partial charge in [-0.25, -0.2) is 14.8 Å². The summed E-state index contributed by atoms with van der Waals surface area (Å²) in [7, 11) is 0. The molecule has 5 nitrogen and oxygen atoms in total. The highest BCUT2D eigenvalue weighted by Crippen LogP contribution is 2.31. The van der Waals surface area contributed by atoms with E-state index < -0.39 is 5.97 Å². The maximum absolute atomic E-state index is 10.9. The van der Waals surface area contributed by atoms with Crippen molar-refractivity contribution in [2.45, 2.75) is 10.1 Å². The molecular weight excluding hydrogens is 262 g/mol. The number of halogens is 1. The summed E-state index contributed by atoms with van der Waals surface area (Å²) in [6.07, 6.45) is 6.04. The van der Waals surface area contributed by atoms with Gasteiger partial charge in [-0.2, -0.15) is 0 Å². The van der Waals surface area contributed by atoms with E-state index in [4.69, 9.17) is 16.7 Å². The van der Waals surface area contributed by atoms with Crippen molar-refractivity contribution in [3.8, 4) is 0 Å². The molecule has 0 fully saturated rings. The molecule has 0 atom stereocenters. The van der Waals surface area contributed by atoms with Crippen LogP contribution in [0.1, 0.15) is 10.4 Å². The second-order valence-corrected chi connectivity index (χ2v) is 4.32. The molecule has 0 aliphatic heterocycles. The highest BCUT2D eigenvalue weighted by atomic mass is 35.5. The zero-order valence-electron chi connectivity index (χ0n) is 8.37. The van der Waals surface area contributed by atoms with Gasteiger partial charge < -0.3 is 5.11 Å². The summed E-state index contributed by atoms with van der Waals surface area (Å²) < 4.78 is 0. The maximum atomic E-state index is 10.9. The molecule has 0 saturated heterocycles. The third-order valence-corrected chi connectivity index (χ3v) is 3.25. The Bertz CT molecular complexity index is 551. The Morgan fingerprint density at radius 2 is 2.12 bits per heavy atom. The van der Waals surface area contributed by atoms with Gasteiger partial charge in [-0.15, -0.1) is 0 Å². The number of pyridine rings is 1. The van der Waals surface area contributed by atoms with Crippen molar-refractivity contribution < 1.29 is 9.90 Å². The predicted molar refractivity (Wildman–Crippen MR) is 62.4 cm³/mol. The zero-order valence-corrected chi connectivity index (χ0v) is 9.94. The summed E-state index contributed by atoms with van der Waals surface area (Å²) in [5.41, 5.74) is 0.0213. The van der Waals surface area contributed by atoms with Gasteiger partial charge in [0.05, 0.1) is 16.8 Å². The molecule has 0 radical (unpaired) electrons. The minimum absolute atomic E-state index is 0.0213. The number of carbonyl (C=O) groups is 1. The van der Waals surface area contributed by atoms with Crippen LogP contribution in [-0.4, -0.2) is 26.0 Å². The monoisotopic (exact) mass is 267 g/mol. The lowest BCUT2D eigenvalue weighted by molar-refractivity contribution is 0.0696. The van der Waals surface area contributed by atoms with Gasteiger partial charge >= 0.3 is 5.97 Å². The second-order valence-electron chi connectivity index (χ2n) is 2.93. The van der Waals surface area contributed by atoms with E-state index in [1.165, 1.54) is 30.2 Å². The lowest BCUT2D eigenvalue weighted by Gasteiger charge is -2.04. The predicted octanol–water partition coefficient (Wildman–Crippen LogP) is 2.37. The van der Waals surface area contributed by atoms with Gasteiger partial charge in [-0.05, 0) is 17.8 Å². The molecule has 0 amide bonds. The van der Waals surface area contributed by atoms with Crippen LogP contribution in [0.2, 0.25) is 5.02 Å². The number of hydrogen-bond donors (Lipinski definition) is 1. The molecule has 0 unspecified atom stereocenters. The van der Waals surface area contributed by atoms with Gasteiger partial charge in [0.1, 0.15) is 10.1 Å². The minimum atomic E-state index is -1.08. The van der Waals surface area contributed by atoms with E-state index in [0.717, 1.165) is 0 Å². The number of rotatable bonds is 3. The lowest BCUT2D eigenvalue weighted by Crippen LogP contribution is -1.99. The molecule has 7 heteroatoms. The molecule has 2 rings (SSSR count). The number of aromatic nitrogens is 3. The SMILES string of the molecule is O=C(O)c1ccnc(Sc2cnccn2)c1Cl. The molecule has 0 aromatic carbocycles. The van der Waals surface area contributed by atoms with Crippen molar-refractivity contribution in [2.75, 3.05) is 0 Å². The first-order chi connectivity index (χ1) is 8.18. The molecule has 0 bridgehead atoms. The van der Waals surface area contributed by atoms with Gasteiger partial charge in [0.25, 0.3) is 0 Å². The number of hydrogen-bond acceptors (Lipinski definition) is 5. The largest absolute Gasteiger partial charge is 0.478 e. The Kier molecular flexibility index (Phi) is 3.55. The number of carboxylic acids is 1. The Morgan fingerprint density at radius 3 is 2.76 bits per heavy atom. The molecule has 0 aliphatic rings. The summed E-state index contributed by atoms with van der Waals surface area (Å²) in [6.45, 7) is 0. The van der Waals surface area contributed by atoms with Crippen molar-refractivity contribution in [2.24, 2.45) is 0 Å². The van der Waals surface area contributed by atoms with E-state index in [2.05, 4.69) is 15.0 Å². The Hall–Kier alpha value is -1.66. The van der Waals surface area contributed by atoms with E-state index in [0.29, 0.717) is 10.1 Å². The van der Waals surface area contributed by atoms with Gasteiger partial charge in [-0.3, -0.25) is 4.98 Å². The number of carboxylic acid groups (broad SMARTS) is 1. The Balaban J connectivity index is 2.34. The quantitative estimate of drug-likeness (QED) is 0.920. The van der Waals surface area contributed by atoms with Crippen molar-refractivity contribution in [3.05, 3.63) is 41.4 Å². The average molecular weight is 268 g/mol. The van der Waals surface area contributed by atoms with Gasteiger partial charge in [0.2, 0.25) is 0 Å². The fourth-order valence-corrected chi connectivity index (χ4v) is 2.14. The van der Waals surface area contributed by atoms with Gasteiger partial charge in [0.15, 0.2) is 0 Å². The summed E-state index contributed by atoms with van der Waals surface area (Å²) in [5.74, 6) is -1.08. The van der Waals surface area contributed by atoms with Crippen LogP contribution in [0.3, 0.4) is 0 Å². The number of aromatic carboxylic acids is 1. The zero-order chi connectivity index (χ0) is 12.3. The molecule has 0 saturated carbocycles. The second kappa shape index (κ2) is 5.11. The molecule has 17 heavy (non-hydrogen) atoms. The Labute approximate surface area is 106 Å². The van der Waals surface area contributed by atoms with E-state index in [1.54, 1.807) is 12.4 Å². The van der Waals surface area contributed by atoms with Crippen LogP contribution < -0.4 is 0 Å². The molecule has 0 aliphatic carbocycles. The topological polar surface area (TPSA) is 76.0 Å². The van der Waals surface area contributed by atoms with E-state index in [1.807, 2.05) is 0 Å². The third kappa shape index (κ3) is 2.72.